The van der Waals surface area contributed by atoms with E-state index in [2.05, 4.69) is 5.32 Å². The van der Waals surface area contributed by atoms with E-state index in [1.54, 1.807) is 60.7 Å². The SMILES string of the molecule is Cc1ccc(S(=O)(=O)N(CC(=O)N(Cc2ccc(F)cc2)[C@@H](Cc2ccccc2)C(=O)NC(C)C)c2ccc(Oc3ccccc3)cc2)cc1. The Labute approximate surface area is 293 Å². The van der Waals surface area contributed by atoms with E-state index in [9.17, 15) is 22.4 Å². The third kappa shape index (κ3) is 9.35. The van der Waals surface area contributed by atoms with E-state index < -0.39 is 40.2 Å². The molecule has 0 aromatic heterocycles. The third-order valence-corrected chi connectivity index (χ3v) is 9.75. The van der Waals surface area contributed by atoms with Gasteiger partial charge in [0.15, 0.2) is 0 Å². The van der Waals surface area contributed by atoms with Gasteiger partial charge in [-0.15, -0.1) is 0 Å². The van der Waals surface area contributed by atoms with E-state index in [0.29, 0.717) is 17.1 Å². The fourth-order valence-electron chi connectivity index (χ4n) is 5.39. The Balaban J connectivity index is 1.55. The number of nitrogens with zero attached hydrogens (tertiary/aromatic N) is 2. The Morgan fingerprint density at radius 2 is 1.32 bits per heavy atom. The van der Waals surface area contributed by atoms with Gasteiger partial charge in [0.05, 0.1) is 10.6 Å². The molecule has 0 bridgehead atoms. The first-order valence-corrected chi connectivity index (χ1v) is 17.7. The van der Waals surface area contributed by atoms with Gasteiger partial charge in [0.1, 0.15) is 29.9 Å². The Bertz CT molecular complexity index is 1970. The number of hydrogen-bond donors (Lipinski definition) is 1. The zero-order chi connectivity index (χ0) is 35.7. The summed E-state index contributed by atoms with van der Waals surface area (Å²) in [5.41, 5.74) is 2.49. The summed E-state index contributed by atoms with van der Waals surface area (Å²) in [6.45, 7) is 4.82. The maximum atomic E-state index is 14.6. The molecule has 0 unspecified atom stereocenters. The summed E-state index contributed by atoms with van der Waals surface area (Å²) >= 11 is 0. The highest BCUT2D eigenvalue weighted by atomic mass is 32.2. The van der Waals surface area contributed by atoms with Gasteiger partial charge < -0.3 is 15.0 Å². The topological polar surface area (TPSA) is 96.0 Å². The lowest BCUT2D eigenvalue weighted by molar-refractivity contribution is -0.140. The lowest BCUT2D eigenvalue weighted by Crippen LogP contribution is -2.54. The third-order valence-electron chi connectivity index (χ3n) is 7.96. The fraction of sp³-hybridized carbons (Fsp3) is 0.200. The predicted molar refractivity (Wildman–Crippen MR) is 193 cm³/mol. The number of carbonyl (C=O) groups excluding carboxylic acids is 2. The number of aryl methyl sites for hydroxylation is 1. The second kappa shape index (κ2) is 16.3. The maximum absolute atomic E-state index is 14.6. The molecule has 10 heteroatoms. The summed E-state index contributed by atoms with van der Waals surface area (Å²) in [5, 5.41) is 2.93. The molecule has 0 spiro atoms. The number of sulfonamides is 1. The Morgan fingerprint density at radius 3 is 1.92 bits per heavy atom. The summed E-state index contributed by atoms with van der Waals surface area (Å²) in [5.74, 6) is -0.366. The standard InChI is InChI=1S/C40H40FN3O5S/c1-29(2)42-40(46)38(26-31-10-6-4-7-11-31)43(27-32-16-18-33(41)19-17-32)39(45)28-44(50(47,48)37-24-14-30(3)15-25-37)34-20-22-36(23-21-34)49-35-12-8-5-9-13-35/h4-25,29,38H,26-28H2,1-3H3,(H,42,46)/t38-/m0/s1. The van der Waals surface area contributed by atoms with Crippen molar-refractivity contribution in [3.63, 3.8) is 0 Å². The molecular formula is C40H40FN3O5S. The zero-order valence-corrected chi connectivity index (χ0v) is 29.0. The number of halogens is 1. The van der Waals surface area contributed by atoms with Crippen LogP contribution in [0, 0.1) is 12.7 Å². The molecule has 0 saturated heterocycles. The minimum atomic E-state index is -4.28. The number of ether oxygens (including phenoxy) is 1. The monoisotopic (exact) mass is 693 g/mol. The number of rotatable bonds is 14. The van der Waals surface area contributed by atoms with E-state index in [-0.39, 0.29) is 29.6 Å². The van der Waals surface area contributed by atoms with Crippen LogP contribution >= 0.6 is 0 Å². The van der Waals surface area contributed by atoms with Crippen LogP contribution in [0.25, 0.3) is 0 Å². The molecule has 0 aliphatic carbocycles. The van der Waals surface area contributed by atoms with Crippen molar-refractivity contribution in [2.75, 3.05) is 10.8 Å². The second-order valence-electron chi connectivity index (χ2n) is 12.3. The van der Waals surface area contributed by atoms with Crippen LogP contribution in [0.4, 0.5) is 10.1 Å². The van der Waals surface area contributed by atoms with Crippen molar-refractivity contribution in [2.45, 2.75) is 50.7 Å². The molecule has 1 N–H and O–H groups in total. The lowest BCUT2D eigenvalue weighted by atomic mass is 10.0. The predicted octanol–water partition coefficient (Wildman–Crippen LogP) is 7.29. The van der Waals surface area contributed by atoms with Gasteiger partial charge in [-0.3, -0.25) is 13.9 Å². The van der Waals surface area contributed by atoms with Crippen LogP contribution in [0.1, 0.15) is 30.5 Å². The van der Waals surface area contributed by atoms with E-state index >= 15 is 0 Å². The second-order valence-corrected chi connectivity index (χ2v) is 14.1. The molecule has 0 heterocycles. The molecule has 0 radical (unpaired) electrons. The van der Waals surface area contributed by atoms with Crippen molar-refractivity contribution in [1.82, 2.24) is 10.2 Å². The van der Waals surface area contributed by atoms with E-state index in [1.165, 1.54) is 29.2 Å². The Hall–Kier alpha value is -5.48. The molecule has 0 saturated carbocycles. The summed E-state index contributed by atoms with van der Waals surface area (Å²) in [6, 6.07) is 35.7. The largest absolute Gasteiger partial charge is 0.457 e. The molecular weight excluding hydrogens is 654 g/mol. The molecule has 0 aliphatic heterocycles. The summed E-state index contributed by atoms with van der Waals surface area (Å²) < 4.78 is 49.5. The molecule has 258 valence electrons. The molecule has 5 rings (SSSR count). The van der Waals surface area contributed by atoms with Crippen molar-refractivity contribution >= 4 is 27.5 Å². The molecule has 5 aromatic carbocycles. The quantitative estimate of drug-likeness (QED) is 0.132. The minimum Gasteiger partial charge on any atom is -0.457 e. The van der Waals surface area contributed by atoms with Crippen molar-refractivity contribution in [1.29, 1.82) is 0 Å². The maximum Gasteiger partial charge on any atom is 0.264 e. The summed E-state index contributed by atoms with van der Waals surface area (Å²) in [7, 11) is -4.28. The molecule has 1 atom stereocenters. The number of anilines is 1. The first-order valence-electron chi connectivity index (χ1n) is 16.3. The number of nitrogens with one attached hydrogen (secondary N) is 1. The van der Waals surface area contributed by atoms with Crippen molar-refractivity contribution < 1.29 is 27.1 Å². The van der Waals surface area contributed by atoms with Gasteiger partial charge in [0.2, 0.25) is 11.8 Å². The van der Waals surface area contributed by atoms with Crippen LogP contribution in [0.15, 0.2) is 138 Å². The number of para-hydroxylation sites is 1. The van der Waals surface area contributed by atoms with Crippen LogP contribution in [0.5, 0.6) is 11.5 Å². The fourth-order valence-corrected chi connectivity index (χ4v) is 6.81. The van der Waals surface area contributed by atoms with Gasteiger partial charge >= 0.3 is 0 Å². The van der Waals surface area contributed by atoms with Crippen LogP contribution in [-0.2, 0) is 32.6 Å². The van der Waals surface area contributed by atoms with Crippen molar-refractivity contribution in [3.05, 3.63) is 156 Å². The minimum absolute atomic E-state index is 0.00369. The smallest absolute Gasteiger partial charge is 0.264 e. The molecule has 50 heavy (non-hydrogen) atoms. The molecule has 2 amide bonds. The van der Waals surface area contributed by atoms with E-state index in [0.717, 1.165) is 15.4 Å². The molecule has 0 aliphatic rings. The average molecular weight is 694 g/mol. The first kappa shape index (κ1) is 35.8. The van der Waals surface area contributed by atoms with Gasteiger partial charge in [-0.05, 0) is 92.6 Å². The van der Waals surface area contributed by atoms with Gasteiger partial charge in [-0.2, -0.15) is 0 Å². The van der Waals surface area contributed by atoms with Crippen LogP contribution in [0.2, 0.25) is 0 Å². The van der Waals surface area contributed by atoms with Gasteiger partial charge in [0, 0.05) is 19.0 Å². The highest BCUT2D eigenvalue weighted by Crippen LogP contribution is 2.29. The highest BCUT2D eigenvalue weighted by molar-refractivity contribution is 7.92. The first-order chi connectivity index (χ1) is 24.0. The zero-order valence-electron chi connectivity index (χ0n) is 28.2. The normalized spacial score (nSPS) is 11.9. The summed E-state index contributed by atoms with van der Waals surface area (Å²) in [6.07, 6.45) is 0.169. The highest BCUT2D eigenvalue weighted by Gasteiger charge is 2.35. The lowest BCUT2D eigenvalue weighted by Gasteiger charge is -2.34. The number of hydrogen-bond acceptors (Lipinski definition) is 5. The van der Waals surface area contributed by atoms with Gasteiger partial charge in [0.25, 0.3) is 10.0 Å². The van der Waals surface area contributed by atoms with Gasteiger partial charge in [-0.1, -0.05) is 78.4 Å². The number of carbonyl (C=O) groups is 2. The number of amides is 2. The van der Waals surface area contributed by atoms with Crippen molar-refractivity contribution in [3.8, 4) is 11.5 Å². The van der Waals surface area contributed by atoms with Crippen molar-refractivity contribution in [2.24, 2.45) is 0 Å². The molecule has 8 nitrogen and oxygen atoms in total. The van der Waals surface area contributed by atoms with Crippen LogP contribution in [0.3, 0.4) is 0 Å². The van der Waals surface area contributed by atoms with E-state index in [1.807, 2.05) is 69.3 Å². The summed E-state index contributed by atoms with van der Waals surface area (Å²) in [4.78, 5) is 29.8. The van der Waals surface area contributed by atoms with E-state index in [4.69, 9.17) is 4.74 Å². The Morgan fingerprint density at radius 1 is 0.740 bits per heavy atom. The Kier molecular flexibility index (Phi) is 11.7. The molecule has 0 fully saturated rings. The van der Waals surface area contributed by atoms with Crippen LogP contribution < -0.4 is 14.4 Å². The number of benzene rings is 5. The van der Waals surface area contributed by atoms with Crippen LogP contribution in [-0.4, -0.2) is 43.8 Å². The molecule has 5 aromatic rings. The van der Waals surface area contributed by atoms with Gasteiger partial charge in [-0.25, -0.2) is 12.8 Å². The average Bonchev–Trinajstić information content (AvgIpc) is 3.10.